The molecule has 0 aliphatic rings. The third-order valence-corrected chi connectivity index (χ3v) is 4.26. The van der Waals surface area contributed by atoms with Crippen LogP contribution in [-0.4, -0.2) is 21.8 Å². The van der Waals surface area contributed by atoms with Crippen LogP contribution in [-0.2, 0) is 5.41 Å². The molecule has 0 amide bonds. The molecule has 6 heteroatoms. The smallest absolute Gasteiger partial charge is 0.418 e. The van der Waals surface area contributed by atoms with Crippen molar-refractivity contribution >= 4 is 21.8 Å². The first kappa shape index (κ1) is 15.7. The maximum atomic E-state index is 9.75. The van der Waals surface area contributed by atoms with E-state index in [2.05, 4.69) is 44.8 Å². The van der Waals surface area contributed by atoms with E-state index in [1.54, 1.807) is 4.44 Å². The standard InChI is InChI=1S/C10H15Se.BF4/c1-8-5-6-11-9(7-8)10(2,3)4;2-1(3,4)5/h5-7H,1-4H3;/q+1;-1. The fraction of sp³-hybridized carbons (Fsp3) is 0.500. The number of rotatable bonds is 0. The molecular weight excluding hydrogens is 286 g/mol. The van der Waals surface area contributed by atoms with Gasteiger partial charge in [-0.1, -0.05) is 0 Å². The van der Waals surface area contributed by atoms with Crippen molar-refractivity contribution in [2.24, 2.45) is 0 Å². The van der Waals surface area contributed by atoms with Gasteiger partial charge in [-0.25, -0.2) is 0 Å². The second-order valence-electron chi connectivity index (χ2n) is 4.42. The molecule has 0 radical (unpaired) electrons. The molecular formula is C10H15BF4Se. The summed E-state index contributed by atoms with van der Waals surface area (Å²) in [5.41, 5.74) is 1.76. The third kappa shape index (κ3) is 8.92. The van der Waals surface area contributed by atoms with Gasteiger partial charge in [-0.3, -0.25) is 0 Å². The topological polar surface area (TPSA) is 0 Å². The van der Waals surface area contributed by atoms with Crippen molar-refractivity contribution in [3.05, 3.63) is 27.1 Å². The van der Waals surface area contributed by atoms with Crippen molar-refractivity contribution in [1.82, 2.24) is 0 Å². The summed E-state index contributed by atoms with van der Waals surface area (Å²) < 4.78 is 40.6. The molecule has 0 N–H and O–H groups in total. The zero-order valence-electron chi connectivity index (χ0n) is 9.73. The Balaban J connectivity index is 0.000000385. The predicted molar refractivity (Wildman–Crippen MR) is 61.4 cm³/mol. The summed E-state index contributed by atoms with van der Waals surface area (Å²) in [4.78, 5) is 2.31. The van der Waals surface area contributed by atoms with E-state index < -0.39 is 7.25 Å². The van der Waals surface area contributed by atoms with Crippen molar-refractivity contribution in [2.75, 3.05) is 0 Å². The maximum absolute atomic E-state index is 9.75. The molecule has 0 nitrogen and oxygen atoms in total. The van der Waals surface area contributed by atoms with E-state index in [9.17, 15) is 17.3 Å². The van der Waals surface area contributed by atoms with Crippen LogP contribution in [0.4, 0.5) is 17.3 Å². The Labute approximate surface area is 99.5 Å². The quantitative estimate of drug-likeness (QED) is 0.503. The van der Waals surface area contributed by atoms with Crippen molar-refractivity contribution in [2.45, 2.75) is 33.1 Å². The minimum Gasteiger partial charge on any atom is -0.418 e. The van der Waals surface area contributed by atoms with E-state index in [1.807, 2.05) is 0 Å². The summed E-state index contributed by atoms with van der Waals surface area (Å²) in [6.45, 7) is 9.02. The van der Waals surface area contributed by atoms with Gasteiger partial charge in [0.25, 0.3) is 0 Å². The molecule has 0 saturated carbocycles. The van der Waals surface area contributed by atoms with Gasteiger partial charge < -0.3 is 17.3 Å². The van der Waals surface area contributed by atoms with Crippen molar-refractivity contribution in [3.63, 3.8) is 0 Å². The third-order valence-electron chi connectivity index (χ3n) is 1.62. The Morgan fingerprint density at radius 3 is 1.81 bits per heavy atom. The van der Waals surface area contributed by atoms with Gasteiger partial charge in [0.15, 0.2) is 0 Å². The summed E-state index contributed by atoms with van der Waals surface area (Å²) >= 11 is 0.595. The zero-order chi connectivity index (χ0) is 13.0. The molecule has 0 saturated heterocycles. The summed E-state index contributed by atoms with van der Waals surface area (Å²) in [5, 5.41) is 0. The monoisotopic (exact) mass is 302 g/mol. The van der Waals surface area contributed by atoms with E-state index in [-0.39, 0.29) is 0 Å². The Kier molecular flexibility index (Phi) is 5.70. The van der Waals surface area contributed by atoms with E-state index in [0.717, 1.165) is 0 Å². The maximum Gasteiger partial charge on any atom is 0.673 e. The molecule has 0 aromatic carbocycles. The van der Waals surface area contributed by atoms with E-state index in [1.165, 1.54) is 5.56 Å². The second kappa shape index (κ2) is 5.83. The van der Waals surface area contributed by atoms with Gasteiger partial charge >= 0.3 is 81.9 Å². The SMILES string of the molecule is Cc1cc[se+]c(C(C)(C)C)c1.F[B-](F)(F)F. The van der Waals surface area contributed by atoms with Crippen molar-refractivity contribution < 1.29 is 17.3 Å². The number of hydrogen-bond acceptors (Lipinski definition) is 0. The van der Waals surface area contributed by atoms with Crippen LogP contribution < -0.4 is 0 Å². The van der Waals surface area contributed by atoms with E-state index in [0.29, 0.717) is 19.9 Å². The first-order valence-corrected chi connectivity index (χ1v) is 6.61. The van der Waals surface area contributed by atoms with Crippen LogP contribution in [0.15, 0.2) is 17.1 Å². The molecule has 0 spiro atoms. The molecule has 0 fully saturated rings. The molecule has 1 aromatic rings. The average Bonchev–Trinajstić information content (AvgIpc) is 1.99. The molecule has 0 atom stereocenters. The van der Waals surface area contributed by atoms with E-state index in [4.69, 9.17) is 0 Å². The Bertz CT molecular complexity index is 324. The van der Waals surface area contributed by atoms with Gasteiger partial charge in [-0.05, 0) is 0 Å². The zero-order valence-corrected chi connectivity index (χ0v) is 11.4. The molecule has 1 heterocycles. The molecule has 0 aliphatic heterocycles. The normalized spacial score (nSPS) is 11.8. The van der Waals surface area contributed by atoms with Gasteiger partial charge in [-0.15, -0.1) is 0 Å². The van der Waals surface area contributed by atoms with Gasteiger partial charge in [0.1, 0.15) is 0 Å². The minimum atomic E-state index is -6.00. The molecule has 0 unspecified atom stereocenters. The Morgan fingerprint density at radius 2 is 1.56 bits per heavy atom. The second-order valence-corrected chi connectivity index (χ2v) is 6.41. The summed E-state index contributed by atoms with van der Waals surface area (Å²) in [5.74, 6) is 0. The van der Waals surface area contributed by atoms with Gasteiger partial charge in [0.2, 0.25) is 0 Å². The summed E-state index contributed by atoms with van der Waals surface area (Å²) in [6.07, 6.45) is 0. The molecule has 16 heavy (non-hydrogen) atoms. The van der Waals surface area contributed by atoms with Gasteiger partial charge in [0.05, 0.1) is 0 Å². The number of halogens is 4. The number of hydrogen-bond donors (Lipinski definition) is 0. The molecule has 1 aromatic heterocycles. The molecule has 1 rings (SSSR count). The van der Waals surface area contributed by atoms with Crippen LogP contribution in [0.1, 0.15) is 30.8 Å². The predicted octanol–water partition coefficient (Wildman–Crippen LogP) is 3.93. The first-order valence-electron chi connectivity index (χ1n) is 4.76. The van der Waals surface area contributed by atoms with Crippen LogP contribution in [0.2, 0.25) is 0 Å². The molecule has 0 aliphatic carbocycles. The van der Waals surface area contributed by atoms with Crippen molar-refractivity contribution in [3.8, 4) is 0 Å². The van der Waals surface area contributed by atoms with Crippen LogP contribution >= 0.6 is 0 Å². The Hall–Kier alpha value is -0.346. The van der Waals surface area contributed by atoms with Crippen LogP contribution in [0, 0.1) is 6.92 Å². The fourth-order valence-corrected chi connectivity index (χ4v) is 3.07. The van der Waals surface area contributed by atoms with Crippen LogP contribution in [0.3, 0.4) is 0 Å². The van der Waals surface area contributed by atoms with Gasteiger partial charge in [0, 0.05) is 0 Å². The van der Waals surface area contributed by atoms with Crippen LogP contribution in [0.25, 0.3) is 0 Å². The summed E-state index contributed by atoms with van der Waals surface area (Å²) in [7, 11) is -6.00. The van der Waals surface area contributed by atoms with E-state index >= 15 is 0 Å². The summed E-state index contributed by atoms with van der Waals surface area (Å²) in [6, 6.07) is 4.55. The first-order chi connectivity index (χ1) is 7.00. The van der Waals surface area contributed by atoms with Crippen molar-refractivity contribution in [1.29, 1.82) is 0 Å². The molecule has 0 bridgehead atoms. The van der Waals surface area contributed by atoms with Gasteiger partial charge in [-0.2, -0.15) is 0 Å². The Morgan fingerprint density at radius 1 is 1.12 bits per heavy atom. The minimum absolute atomic E-state index is 0.367. The number of aryl methyl sites for hydroxylation is 1. The molecule has 92 valence electrons. The fourth-order valence-electron chi connectivity index (χ4n) is 0.897. The average molecular weight is 301 g/mol. The van der Waals surface area contributed by atoms with Crippen LogP contribution in [0.5, 0.6) is 0 Å². The largest absolute Gasteiger partial charge is 0.673 e.